The van der Waals surface area contributed by atoms with Gasteiger partial charge < -0.3 is 11.1 Å². The summed E-state index contributed by atoms with van der Waals surface area (Å²) in [5, 5.41) is 11.5. The molecule has 3 aromatic heterocycles. The molecule has 0 saturated heterocycles. The van der Waals surface area contributed by atoms with Gasteiger partial charge in [-0.1, -0.05) is 23.8 Å². The van der Waals surface area contributed by atoms with Crippen LogP contribution in [0, 0.1) is 27.7 Å². The van der Waals surface area contributed by atoms with Gasteiger partial charge in [0.25, 0.3) is 0 Å². The molecule has 0 saturated carbocycles. The third kappa shape index (κ3) is 5.46. The average molecular weight is 467 g/mol. The van der Waals surface area contributed by atoms with Gasteiger partial charge in [0.1, 0.15) is 5.82 Å². The number of amides is 1. The van der Waals surface area contributed by atoms with Crippen LogP contribution in [0.2, 0.25) is 0 Å². The minimum absolute atomic E-state index is 0.541. The number of hydrogen-bond donors (Lipinski definition) is 2. The van der Waals surface area contributed by atoms with Crippen LogP contribution < -0.4 is 11.1 Å². The fourth-order valence-electron chi connectivity index (χ4n) is 4.26. The van der Waals surface area contributed by atoms with Crippen LogP contribution in [0.25, 0.3) is 21.5 Å². The van der Waals surface area contributed by atoms with Gasteiger partial charge in [-0.05, 0) is 78.9 Å². The molecule has 0 unspecified atom stereocenters. The monoisotopic (exact) mass is 466 g/mol. The Morgan fingerprint density at radius 1 is 0.943 bits per heavy atom. The number of nitrogens with two attached hydrogens (primary N) is 1. The number of rotatable bonds is 5. The minimum Gasteiger partial charge on any atom is -0.383 e. The largest absolute Gasteiger partial charge is 0.383 e. The van der Waals surface area contributed by atoms with Crippen molar-refractivity contribution in [2.24, 2.45) is 0 Å². The first-order chi connectivity index (χ1) is 16.9. The lowest BCUT2D eigenvalue weighted by molar-refractivity contribution is -0.109. The molecule has 2 aromatic carbocycles. The van der Waals surface area contributed by atoms with E-state index >= 15 is 0 Å². The number of nitrogens with one attached hydrogen (secondary N) is 1. The van der Waals surface area contributed by atoms with E-state index in [4.69, 9.17) is 5.73 Å². The number of hydrogen-bond acceptors (Lipinski definition) is 5. The molecular weight excluding hydrogens is 436 g/mol. The van der Waals surface area contributed by atoms with Gasteiger partial charge in [0.15, 0.2) is 0 Å². The summed E-state index contributed by atoms with van der Waals surface area (Å²) in [7, 11) is 0. The normalized spacial score (nSPS) is 10.7. The number of aryl methyl sites for hydroxylation is 4. The lowest BCUT2D eigenvalue weighted by Crippen LogP contribution is -2.12. The highest BCUT2D eigenvalue weighted by Gasteiger charge is 2.09. The summed E-state index contributed by atoms with van der Waals surface area (Å²) >= 11 is 0. The van der Waals surface area contributed by atoms with E-state index in [1.54, 1.807) is 6.20 Å². The van der Waals surface area contributed by atoms with E-state index in [1.165, 1.54) is 21.9 Å². The average Bonchev–Trinajstić information content (AvgIpc) is 3.24. The van der Waals surface area contributed by atoms with Crippen LogP contribution in [0.4, 0.5) is 5.82 Å². The second-order valence-electron chi connectivity index (χ2n) is 8.83. The first-order valence-corrected chi connectivity index (χ1v) is 11.5. The number of carbonyl (C=O) groups excluding carboxylic acids is 1. The number of fused-ring (bicyclic) bond motifs is 2. The zero-order valence-corrected chi connectivity index (χ0v) is 20.5. The predicted molar refractivity (Wildman–Crippen MR) is 141 cm³/mol. The van der Waals surface area contributed by atoms with Crippen molar-refractivity contribution in [3.8, 4) is 0 Å². The summed E-state index contributed by atoms with van der Waals surface area (Å²) in [6.45, 7) is 9.46. The van der Waals surface area contributed by atoms with Crippen molar-refractivity contribution in [1.29, 1.82) is 0 Å². The molecule has 178 valence electrons. The first kappa shape index (κ1) is 23.9. The summed E-state index contributed by atoms with van der Waals surface area (Å²) in [6.07, 6.45) is 8.24. The molecule has 0 atom stereocenters. The Morgan fingerprint density at radius 2 is 1.77 bits per heavy atom. The maximum Gasteiger partial charge on any atom is 0.207 e. The van der Waals surface area contributed by atoms with Gasteiger partial charge in [-0.2, -0.15) is 5.10 Å². The summed E-state index contributed by atoms with van der Waals surface area (Å²) in [5.74, 6) is 0.545. The Hall–Kier alpha value is -4.26. The molecule has 5 aromatic rings. The fraction of sp³-hybridized carbons (Fsp3) is 0.214. The van der Waals surface area contributed by atoms with E-state index in [2.05, 4.69) is 51.6 Å². The molecule has 7 heteroatoms. The summed E-state index contributed by atoms with van der Waals surface area (Å²) in [5.41, 5.74) is 12.7. The molecular formula is C28H30N6O. The number of benzene rings is 2. The van der Waals surface area contributed by atoms with Crippen molar-refractivity contribution >= 4 is 33.8 Å². The molecule has 7 nitrogen and oxygen atoms in total. The summed E-state index contributed by atoms with van der Waals surface area (Å²) in [6, 6.07) is 12.5. The van der Waals surface area contributed by atoms with Crippen molar-refractivity contribution in [2.75, 3.05) is 5.73 Å². The molecule has 3 heterocycles. The molecule has 5 rings (SSSR count). The van der Waals surface area contributed by atoms with E-state index in [9.17, 15) is 4.79 Å². The van der Waals surface area contributed by atoms with Crippen LogP contribution in [0.1, 0.15) is 33.5 Å². The van der Waals surface area contributed by atoms with E-state index < -0.39 is 0 Å². The highest BCUT2D eigenvalue weighted by atomic mass is 16.1. The van der Waals surface area contributed by atoms with Gasteiger partial charge in [-0.25, -0.2) is 4.98 Å². The van der Waals surface area contributed by atoms with Gasteiger partial charge in [-0.3, -0.25) is 14.5 Å². The van der Waals surface area contributed by atoms with Crippen LogP contribution in [-0.2, 0) is 17.9 Å². The number of anilines is 1. The lowest BCUT2D eigenvalue weighted by Gasteiger charge is -2.13. The second-order valence-corrected chi connectivity index (χ2v) is 8.83. The maximum absolute atomic E-state index is 10.4. The van der Waals surface area contributed by atoms with Gasteiger partial charge >= 0.3 is 0 Å². The number of carbonyl (C=O) groups is 1. The molecule has 1 amide bonds. The molecule has 0 fully saturated rings. The van der Waals surface area contributed by atoms with Crippen LogP contribution in [0.5, 0.6) is 0 Å². The quantitative estimate of drug-likeness (QED) is 0.363. The predicted octanol–water partition coefficient (Wildman–Crippen LogP) is 4.78. The molecule has 3 N–H and O–H groups in total. The number of nitrogens with zero attached hydrogens (tertiary/aromatic N) is 4. The SMILES string of the molecule is Cc1cc2c(N)nccc2c(C)c1CNC=O.Cc1ccc2cnc(Cn3cc(C)cn3)cc2c1. The van der Waals surface area contributed by atoms with Crippen molar-refractivity contribution in [1.82, 2.24) is 25.1 Å². The third-order valence-corrected chi connectivity index (χ3v) is 6.10. The van der Waals surface area contributed by atoms with Crippen LogP contribution in [0.3, 0.4) is 0 Å². The Balaban J connectivity index is 0.000000165. The molecule has 35 heavy (non-hydrogen) atoms. The molecule has 0 aliphatic carbocycles. The van der Waals surface area contributed by atoms with Gasteiger partial charge in [-0.15, -0.1) is 0 Å². The first-order valence-electron chi connectivity index (χ1n) is 11.5. The standard InChI is InChI=1S/C15H15N3.C13H15N3O/c1-11-3-4-13-8-16-15(6-14(13)5-11)10-18-9-12(2)7-17-18;1-8-5-11-10(3-4-16-13(11)14)9(2)12(8)6-15-7-17/h3-9H,10H2,1-2H3;3-5,7H,6H2,1-2H3,(H2,14,16)(H,15,17). The smallest absolute Gasteiger partial charge is 0.207 e. The van der Waals surface area contributed by atoms with E-state index in [0.29, 0.717) is 18.8 Å². The van der Waals surface area contributed by atoms with Crippen LogP contribution in [-0.4, -0.2) is 26.2 Å². The number of pyridine rings is 2. The van der Waals surface area contributed by atoms with Crippen molar-refractivity contribution < 1.29 is 4.79 Å². The Morgan fingerprint density at radius 3 is 2.51 bits per heavy atom. The second kappa shape index (κ2) is 10.3. The van der Waals surface area contributed by atoms with Crippen LogP contribution >= 0.6 is 0 Å². The molecule has 0 spiro atoms. The molecule has 0 radical (unpaired) electrons. The Kier molecular flexibility index (Phi) is 7.06. The summed E-state index contributed by atoms with van der Waals surface area (Å²) < 4.78 is 1.92. The lowest BCUT2D eigenvalue weighted by atomic mass is 9.96. The molecule has 0 aliphatic heterocycles. The van der Waals surface area contributed by atoms with E-state index in [0.717, 1.165) is 39.7 Å². The zero-order valence-electron chi connectivity index (χ0n) is 20.5. The highest BCUT2D eigenvalue weighted by Crippen LogP contribution is 2.27. The van der Waals surface area contributed by atoms with E-state index in [1.807, 2.05) is 56.2 Å². The Labute approximate surface area is 205 Å². The highest BCUT2D eigenvalue weighted by molar-refractivity contribution is 5.94. The van der Waals surface area contributed by atoms with Crippen molar-refractivity contribution in [2.45, 2.75) is 40.8 Å². The molecule has 0 bridgehead atoms. The minimum atomic E-state index is 0.541. The van der Waals surface area contributed by atoms with Gasteiger partial charge in [0.05, 0.1) is 18.4 Å². The third-order valence-electron chi connectivity index (χ3n) is 6.10. The van der Waals surface area contributed by atoms with Gasteiger partial charge in [0, 0.05) is 35.9 Å². The Bertz CT molecular complexity index is 1500. The maximum atomic E-state index is 10.4. The molecule has 0 aliphatic rings. The fourth-order valence-corrected chi connectivity index (χ4v) is 4.26. The van der Waals surface area contributed by atoms with Crippen molar-refractivity contribution in [3.63, 3.8) is 0 Å². The summed E-state index contributed by atoms with van der Waals surface area (Å²) in [4.78, 5) is 18.9. The topological polar surface area (TPSA) is 98.7 Å². The zero-order chi connectivity index (χ0) is 24.9. The number of nitrogen functional groups attached to an aromatic ring is 1. The van der Waals surface area contributed by atoms with E-state index in [-0.39, 0.29) is 0 Å². The van der Waals surface area contributed by atoms with Gasteiger partial charge in [0.2, 0.25) is 6.41 Å². The van der Waals surface area contributed by atoms with Crippen molar-refractivity contribution in [3.05, 3.63) is 94.7 Å². The number of aromatic nitrogens is 4. The van der Waals surface area contributed by atoms with Crippen LogP contribution in [0.15, 0.2) is 61.2 Å².